The zero-order valence-corrected chi connectivity index (χ0v) is 19.8. The molecule has 7 heteroatoms. The molecule has 0 bridgehead atoms. The molecule has 0 spiro atoms. The minimum Gasteiger partial charge on any atom is -0.497 e. The lowest BCUT2D eigenvalue weighted by Gasteiger charge is -2.37. The van der Waals surface area contributed by atoms with E-state index in [1.54, 1.807) is 23.0 Å². The first-order valence-electron chi connectivity index (χ1n) is 11.4. The van der Waals surface area contributed by atoms with Gasteiger partial charge in [0.2, 0.25) is 11.8 Å². The fraction of sp³-hybridized carbons (Fsp3) is 0.423. The topological polar surface area (TPSA) is 79.0 Å². The molecule has 1 aliphatic heterocycles. The number of nitrogens with one attached hydrogen (secondary N) is 1. The summed E-state index contributed by atoms with van der Waals surface area (Å²) in [5, 5.41) is 2.91. The molecular formula is C26H33N3O4. The van der Waals surface area contributed by atoms with Crippen molar-refractivity contribution in [2.45, 2.75) is 33.2 Å². The monoisotopic (exact) mass is 451 g/mol. The molecule has 2 aromatic rings. The van der Waals surface area contributed by atoms with Crippen molar-refractivity contribution >= 4 is 17.7 Å². The minimum atomic E-state index is -0.614. The van der Waals surface area contributed by atoms with Gasteiger partial charge in [0.15, 0.2) is 0 Å². The van der Waals surface area contributed by atoms with Gasteiger partial charge in [-0.15, -0.1) is 0 Å². The van der Waals surface area contributed by atoms with Crippen LogP contribution in [0.25, 0.3) is 0 Å². The van der Waals surface area contributed by atoms with Crippen molar-refractivity contribution in [3.63, 3.8) is 0 Å². The van der Waals surface area contributed by atoms with Crippen LogP contribution in [0.5, 0.6) is 5.75 Å². The van der Waals surface area contributed by atoms with Crippen LogP contribution in [0.3, 0.4) is 0 Å². The van der Waals surface area contributed by atoms with Crippen LogP contribution < -0.4 is 10.1 Å². The van der Waals surface area contributed by atoms with E-state index >= 15 is 0 Å². The Kier molecular flexibility index (Phi) is 8.09. The maximum absolute atomic E-state index is 13.2. The van der Waals surface area contributed by atoms with Crippen molar-refractivity contribution in [1.82, 2.24) is 15.1 Å². The predicted octanol–water partition coefficient (Wildman–Crippen LogP) is 2.67. The lowest BCUT2D eigenvalue weighted by molar-refractivity contribution is -0.141. The zero-order valence-electron chi connectivity index (χ0n) is 19.8. The molecule has 7 nitrogen and oxygen atoms in total. The molecule has 2 aromatic carbocycles. The SMILES string of the molecule is COc1cccc(CC(=O)N2CCN(C(=O)C(NC(=O)c3cccc(C)c3)C(C)C)CC2)c1. The van der Waals surface area contributed by atoms with E-state index in [0.717, 1.165) is 16.9 Å². The molecule has 33 heavy (non-hydrogen) atoms. The molecule has 1 fully saturated rings. The lowest BCUT2D eigenvalue weighted by atomic mass is 10.0. The molecule has 1 saturated heterocycles. The third-order valence-electron chi connectivity index (χ3n) is 5.93. The quantitative estimate of drug-likeness (QED) is 0.702. The van der Waals surface area contributed by atoms with Crippen LogP contribution in [0.1, 0.15) is 35.3 Å². The van der Waals surface area contributed by atoms with Crippen molar-refractivity contribution in [2.75, 3.05) is 33.3 Å². The standard InChI is InChI=1S/C26H33N3O4/c1-18(2)24(27-25(31)21-9-5-7-19(3)15-21)26(32)29-13-11-28(12-14-29)23(30)17-20-8-6-10-22(16-20)33-4/h5-10,15-16,18,24H,11-14,17H2,1-4H3,(H,27,31). The zero-order chi connectivity index (χ0) is 24.0. The highest BCUT2D eigenvalue weighted by atomic mass is 16.5. The van der Waals surface area contributed by atoms with Crippen molar-refractivity contribution < 1.29 is 19.1 Å². The Morgan fingerprint density at radius 2 is 1.64 bits per heavy atom. The molecule has 1 atom stereocenters. The maximum Gasteiger partial charge on any atom is 0.251 e. The van der Waals surface area contributed by atoms with Gasteiger partial charge < -0.3 is 19.9 Å². The highest BCUT2D eigenvalue weighted by Crippen LogP contribution is 2.16. The summed E-state index contributed by atoms with van der Waals surface area (Å²) in [6, 6.07) is 14.2. The van der Waals surface area contributed by atoms with E-state index < -0.39 is 6.04 Å². The summed E-state index contributed by atoms with van der Waals surface area (Å²) >= 11 is 0. The van der Waals surface area contributed by atoms with Gasteiger partial charge in [0.1, 0.15) is 11.8 Å². The normalized spacial score (nSPS) is 14.7. The van der Waals surface area contributed by atoms with Gasteiger partial charge in [-0.05, 0) is 42.7 Å². The molecular weight excluding hydrogens is 418 g/mol. The fourth-order valence-corrected chi connectivity index (χ4v) is 3.97. The van der Waals surface area contributed by atoms with E-state index in [1.165, 1.54) is 0 Å². The average Bonchev–Trinajstić information content (AvgIpc) is 2.82. The third-order valence-corrected chi connectivity index (χ3v) is 5.93. The summed E-state index contributed by atoms with van der Waals surface area (Å²) in [6.45, 7) is 7.63. The molecule has 176 valence electrons. The smallest absolute Gasteiger partial charge is 0.251 e. The van der Waals surface area contributed by atoms with Gasteiger partial charge in [-0.1, -0.05) is 43.7 Å². The number of carbonyl (C=O) groups is 3. The van der Waals surface area contributed by atoms with Gasteiger partial charge in [-0.3, -0.25) is 14.4 Å². The maximum atomic E-state index is 13.2. The van der Waals surface area contributed by atoms with Crippen LogP contribution >= 0.6 is 0 Å². The Hall–Kier alpha value is -3.35. The third kappa shape index (κ3) is 6.34. The van der Waals surface area contributed by atoms with Gasteiger partial charge in [0.25, 0.3) is 5.91 Å². The van der Waals surface area contributed by atoms with Gasteiger partial charge in [0, 0.05) is 31.7 Å². The Labute approximate surface area is 195 Å². The Morgan fingerprint density at radius 3 is 2.27 bits per heavy atom. The first-order chi connectivity index (χ1) is 15.8. The minimum absolute atomic E-state index is 0.0310. The molecule has 0 saturated carbocycles. The van der Waals surface area contributed by atoms with Crippen molar-refractivity contribution in [1.29, 1.82) is 0 Å². The van der Waals surface area contributed by atoms with Gasteiger partial charge in [-0.2, -0.15) is 0 Å². The van der Waals surface area contributed by atoms with E-state index in [4.69, 9.17) is 4.74 Å². The number of ether oxygens (including phenoxy) is 1. The average molecular weight is 452 g/mol. The lowest BCUT2D eigenvalue weighted by Crippen LogP contribution is -2.57. The number of aryl methyl sites for hydroxylation is 1. The van der Waals surface area contributed by atoms with Crippen LogP contribution in [0.15, 0.2) is 48.5 Å². The number of hydrogen-bond acceptors (Lipinski definition) is 4. The molecule has 1 heterocycles. The van der Waals surface area contributed by atoms with Crippen LogP contribution in [0.2, 0.25) is 0 Å². The summed E-state index contributed by atoms with van der Waals surface area (Å²) in [5.74, 6) is 0.342. The summed E-state index contributed by atoms with van der Waals surface area (Å²) in [6.07, 6.45) is 0.298. The van der Waals surface area contributed by atoms with E-state index in [0.29, 0.717) is 38.2 Å². The highest BCUT2D eigenvalue weighted by molar-refractivity contribution is 5.97. The van der Waals surface area contributed by atoms with Crippen molar-refractivity contribution in [3.8, 4) is 5.75 Å². The Bertz CT molecular complexity index is 997. The summed E-state index contributed by atoms with van der Waals surface area (Å²) in [7, 11) is 1.60. The second-order valence-corrected chi connectivity index (χ2v) is 8.80. The molecule has 1 unspecified atom stereocenters. The Morgan fingerprint density at radius 1 is 0.970 bits per heavy atom. The number of benzene rings is 2. The van der Waals surface area contributed by atoms with Crippen molar-refractivity contribution in [2.24, 2.45) is 5.92 Å². The summed E-state index contributed by atoms with van der Waals surface area (Å²) < 4.78 is 5.23. The van der Waals surface area contributed by atoms with Gasteiger partial charge >= 0.3 is 0 Å². The number of rotatable bonds is 7. The molecule has 1 N–H and O–H groups in total. The largest absolute Gasteiger partial charge is 0.497 e. The highest BCUT2D eigenvalue weighted by Gasteiger charge is 2.31. The van der Waals surface area contributed by atoms with Crippen LogP contribution in [-0.4, -0.2) is 66.9 Å². The number of hydrogen-bond donors (Lipinski definition) is 1. The molecule has 3 amide bonds. The molecule has 0 aromatic heterocycles. The first kappa shape index (κ1) is 24.3. The van der Waals surface area contributed by atoms with Crippen LogP contribution in [-0.2, 0) is 16.0 Å². The van der Waals surface area contributed by atoms with Gasteiger partial charge in [-0.25, -0.2) is 0 Å². The van der Waals surface area contributed by atoms with E-state index in [9.17, 15) is 14.4 Å². The van der Waals surface area contributed by atoms with E-state index in [1.807, 2.05) is 63.2 Å². The molecule has 0 radical (unpaired) electrons. The van der Waals surface area contributed by atoms with E-state index in [2.05, 4.69) is 5.32 Å². The molecule has 0 aliphatic carbocycles. The second kappa shape index (κ2) is 11.0. The Balaban J connectivity index is 1.57. The number of nitrogens with zero attached hydrogens (tertiary/aromatic N) is 2. The van der Waals surface area contributed by atoms with Crippen LogP contribution in [0, 0.1) is 12.8 Å². The number of amides is 3. The molecule has 3 rings (SSSR count). The van der Waals surface area contributed by atoms with Crippen LogP contribution in [0.4, 0.5) is 0 Å². The molecule has 1 aliphatic rings. The van der Waals surface area contributed by atoms with E-state index in [-0.39, 0.29) is 23.6 Å². The summed E-state index contributed by atoms with van der Waals surface area (Å²) in [4.78, 5) is 42.2. The van der Waals surface area contributed by atoms with Gasteiger partial charge in [0.05, 0.1) is 13.5 Å². The predicted molar refractivity (Wildman–Crippen MR) is 127 cm³/mol. The number of carbonyl (C=O) groups excluding carboxylic acids is 3. The fourth-order valence-electron chi connectivity index (χ4n) is 3.97. The van der Waals surface area contributed by atoms with Crippen molar-refractivity contribution in [3.05, 3.63) is 65.2 Å². The number of piperazine rings is 1. The second-order valence-electron chi connectivity index (χ2n) is 8.80. The number of methoxy groups -OCH3 is 1. The summed E-state index contributed by atoms with van der Waals surface area (Å²) in [5.41, 5.74) is 2.43. The first-order valence-corrected chi connectivity index (χ1v) is 11.4.